The summed E-state index contributed by atoms with van der Waals surface area (Å²) < 4.78 is 48.7. The van der Waals surface area contributed by atoms with E-state index in [1.807, 2.05) is 6.07 Å². The first-order valence-electron chi connectivity index (χ1n) is 4.76. The van der Waals surface area contributed by atoms with Crippen LogP contribution in [0.5, 0.6) is 0 Å². The summed E-state index contributed by atoms with van der Waals surface area (Å²) in [5.41, 5.74) is 0. The third-order valence-electron chi connectivity index (χ3n) is 2.60. The molecular formula is C9H12F4N2. The van der Waals surface area contributed by atoms with Gasteiger partial charge in [0, 0.05) is 6.04 Å². The van der Waals surface area contributed by atoms with Gasteiger partial charge in [-0.15, -0.1) is 0 Å². The Morgan fingerprint density at radius 3 is 2.60 bits per heavy atom. The van der Waals surface area contributed by atoms with Crippen LogP contribution in [0.25, 0.3) is 0 Å². The first kappa shape index (κ1) is 12.2. The number of nitrogens with zero attached hydrogens (tertiary/aromatic N) is 1. The molecule has 1 fully saturated rings. The van der Waals surface area contributed by atoms with Gasteiger partial charge in [0.15, 0.2) is 0 Å². The van der Waals surface area contributed by atoms with Gasteiger partial charge in [-0.2, -0.15) is 14.0 Å². The van der Waals surface area contributed by atoms with E-state index in [1.54, 1.807) is 0 Å². The number of alkyl halides is 4. The molecule has 6 heteroatoms. The molecule has 1 aliphatic carbocycles. The van der Waals surface area contributed by atoms with Crippen LogP contribution in [-0.2, 0) is 0 Å². The monoisotopic (exact) mass is 224 g/mol. The van der Waals surface area contributed by atoms with Gasteiger partial charge >= 0.3 is 12.3 Å². The molecule has 2 nitrogen and oxygen atoms in total. The summed E-state index contributed by atoms with van der Waals surface area (Å²) in [5.74, 6) is -4.35. The first-order chi connectivity index (χ1) is 6.97. The molecule has 1 rings (SSSR count). The van der Waals surface area contributed by atoms with Crippen LogP contribution >= 0.6 is 0 Å². The first-order valence-corrected chi connectivity index (χ1v) is 4.76. The van der Waals surface area contributed by atoms with Crippen molar-refractivity contribution in [3.8, 4) is 6.07 Å². The van der Waals surface area contributed by atoms with E-state index in [2.05, 4.69) is 5.32 Å². The lowest BCUT2D eigenvalue weighted by atomic mass is 10.1. The summed E-state index contributed by atoms with van der Waals surface area (Å²) in [6.07, 6.45) is -1.64. The van der Waals surface area contributed by atoms with Gasteiger partial charge in [-0.3, -0.25) is 0 Å². The highest BCUT2D eigenvalue weighted by molar-refractivity contribution is 4.97. The summed E-state index contributed by atoms with van der Waals surface area (Å²) in [4.78, 5) is 0. The van der Waals surface area contributed by atoms with Crippen molar-refractivity contribution in [1.82, 2.24) is 5.32 Å². The number of nitrogens with one attached hydrogen (secondary N) is 1. The molecule has 0 bridgehead atoms. The van der Waals surface area contributed by atoms with E-state index in [0.29, 0.717) is 12.8 Å². The maximum atomic E-state index is 12.5. The van der Waals surface area contributed by atoms with E-state index in [9.17, 15) is 17.6 Å². The SMILES string of the molecule is N#CC1CCCC1NCC(F)(F)C(F)F. The number of hydrogen-bond acceptors (Lipinski definition) is 2. The molecule has 15 heavy (non-hydrogen) atoms. The predicted molar refractivity (Wildman–Crippen MR) is 45.7 cm³/mol. The normalized spacial score (nSPS) is 26.9. The molecule has 1 N–H and O–H groups in total. The Morgan fingerprint density at radius 1 is 1.40 bits per heavy atom. The van der Waals surface area contributed by atoms with Crippen LogP contribution in [0.2, 0.25) is 0 Å². The quantitative estimate of drug-likeness (QED) is 0.743. The fourth-order valence-corrected chi connectivity index (χ4v) is 1.70. The lowest BCUT2D eigenvalue weighted by Crippen LogP contribution is -2.44. The number of hydrogen-bond donors (Lipinski definition) is 1. The largest absolute Gasteiger partial charge is 0.319 e. The highest BCUT2D eigenvalue weighted by Gasteiger charge is 2.41. The van der Waals surface area contributed by atoms with Gasteiger partial charge in [-0.25, -0.2) is 8.78 Å². The van der Waals surface area contributed by atoms with E-state index in [4.69, 9.17) is 5.26 Å². The lowest BCUT2D eigenvalue weighted by Gasteiger charge is -2.20. The zero-order valence-electron chi connectivity index (χ0n) is 8.02. The molecule has 0 saturated heterocycles. The van der Waals surface area contributed by atoms with E-state index in [-0.39, 0.29) is 12.0 Å². The van der Waals surface area contributed by atoms with Gasteiger partial charge in [0.2, 0.25) is 0 Å². The van der Waals surface area contributed by atoms with Gasteiger partial charge in [0.05, 0.1) is 18.5 Å². The molecule has 86 valence electrons. The summed E-state index contributed by atoms with van der Waals surface area (Å²) in [6.45, 7) is -1.06. The third kappa shape index (κ3) is 3.06. The van der Waals surface area contributed by atoms with Gasteiger partial charge in [0.25, 0.3) is 0 Å². The molecule has 1 saturated carbocycles. The van der Waals surface area contributed by atoms with Crippen LogP contribution in [0, 0.1) is 17.2 Å². The topological polar surface area (TPSA) is 35.8 Å². The van der Waals surface area contributed by atoms with Crippen molar-refractivity contribution in [3.05, 3.63) is 0 Å². The van der Waals surface area contributed by atoms with E-state index in [1.165, 1.54) is 0 Å². The van der Waals surface area contributed by atoms with Gasteiger partial charge < -0.3 is 5.32 Å². The van der Waals surface area contributed by atoms with Crippen LogP contribution in [0.3, 0.4) is 0 Å². The maximum Gasteiger partial charge on any atom is 0.319 e. The predicted octanol–water partition coefficient (Wildman–Crippen LogP) is 2.17. The van der Waals surface area contributed by atoms with E-state index >= 15 is 0 Å². The second-order valence-electron chi connectivity index (χ2n) is 3.72. The van der Waals surface area contributed by atoms with Crippen molar-refractivity contribution in [2.75, 3.05) is 6.54 Å². The van der Waals surface area contributed by atoms with Crippen molar-refractivity contribution in [3.63, 3.8) is 0 Å². The average Bonchev–Trinajstić information content (AvgIpc) is 2.61. The molecule has 0 aromatic rings. The molecular weight excluding hydrogens is 212 g/mol. The maximum absolute atomic E-state index is 12.5. The second-order valence-corrected chi connectivity index (χ2v) is 3.72. The molecule has 0 radical (unpaired) electrons. The molecule has 0 spiro atoms. The Labute approximate surface area is 85.3 Å². The van der Waals surface area contributed by atoms with Crippen LogP contribution < -0.4 is 5.32 Å². The van der Waals surface area contributed by atoms with Crippen LogP contribution in [-0.4, -0.2) is 24.9 Å². The summed E-state index contributed by atoms with van der Waals surface area (Å²) in [5, 5.41) is 11.0. The van der Waals surface area contributed by atoms with Gasteiger partial charge in [0.1, 0.15) is 0 Å². The smallest absolute Gasteiger partial charge is 0.307 e. The summed E-state index contributed by atoms with van der Waals surface area (Å²) in [7, 11) is 0. The number of halogens is 4. The fraction of sp³-hybridized carbons (Fsp3) is 0.889. The highest BCUT2D eigenvalue weighted by Crippen LogP contribution is 2.27. The molecule has 0 aromatic heterocycles. The van der Waals surface area contributed by atoms with Crippen molar-refractivity contribution in [2.45, 2.75) is 37.7 Å². The molecule has 0 heterocycles. The minimum Gasteiger partial charge on any atom is -0.307 e. The number of rotatable bonds is 4. The lowest BCUT2D eigenvalue weighted by molar-refractivity contribution is -0.126. The Bertz CT molecular complexity index is 249. The van der Waals surface area contributed by atoms with E-state index < -0.39 is 18.9 Å². The summed E-state index contributed by atoms with van der Waals surface area (Å²) >= 11 is 0. The van der Waals surface area contributed by atoms with Gasteiger partial charge in [-0.1, -0.05) is 6.42 Å². The Morgan fingerprint density at radius 2 is 2.07 bits per heavy atom. The Hall–Kier alpha value is -0.830. The third-order valence-corrected chi connectivity index (χ3v) is 2.60. The van der Waals surface area contributed by atoms with Crippen molar-refractivity contribution < 1.29 is 17.6 Å². The fourth-order valence-electron chi connectivity index (χ4n) is 1.70. The molecule has 1 aliphatic rings. The molecule has 2 atom stereocenters. The van der Waals surface area contributed by atoms with Crippen LogP contribution in [0.4, 0.5) is 17.6 Å². The van der Waals surface area contributed by atoms with Gasteiger partial charge in [-0.05, 0) is 12.8 Å². The Kier molecular flexibility index (Phi) is 3.91. The van der Waals surface area contributed by atoms with E-state index in [0.717, 1.165) is 6.42 Å². The standard InChI is InChI=1S/C9H12F4N2/c10-8(11)9(12,13)5-15-7-3-1-2-6(7)4-14/h6-8,15H,1-3,5H2. The second kappa shape index (κ2) is 4.79. The van der Waals surface area contributed by atoms with Crippen molar-refractivity contribution >= 4 is 0 Å². The molecule has 0 aromatic carbocycles. The minimum absolute atomic E-state index is 0.335. The van der Waals surface area contributed by atoms with Crippen LogP contribution in [0.15, 0.2) is 0 Å². The highest BCUT2D eigenvalue weighted by atomic mass is 19.3. The minimum atomic E-state index is -4.01. The number of nitriles is 1. The summed E-state index contributed by atoms with van der Waals surface area (Å²) in [6, 6.07) is 1.61. The zero-order valence-corrected chi connectivity index (χ0v) is 8.02. The Balaban J connectivity index is 2.40. The van der Waals surface area contributed by atoms with Crippen molar-refractivity contribution in [1.29, 1.82) is 5.26 Å². The van der Waals surface area contributed by atoms with Crippen molar-refractivity contribution in [2.24, 2.45) is 5.92 Å². The van der Waals surface area contributed by atoms with Crippen LogP contribution in [0.1, 0.15) is 19.3 Å². The molecule has 0 amide bonds. The molecule has 2 unspecified atom stereocenters. The zero-order chi connectivity index (χ0) is 11.5. The average molecular weight is 224 g/mol. The molecule has 0 aliphatic heterocycles.